The minimum absolute atomic E-state index is 0.0541. The number of Topliss-reactive ketones (excluding diaryl/α,β-unsaturated/α-hetero) is 1. The standard InChI is InChI=1S/C16H13N7O3S/c17-14(25)13(24)10(6-9-4-2-1-3-5-9)21-16(26)12-11(22-27-23-12)15-19-7-18-8-20-15/h1-5,7-8,10H,6H2,(H2,17,25)(H,21,26). The second kappa shape index (κ2) is 8.19. The number of hydrogen-bond acceptors (Lipinski definition) is 9. The lowest BCUT2D eigenvalue weighted by Crippen LogP contribution is -2.47. The molecule has 2 amide bonds. The summed E-state index contributed by atoms with van der Waals surface area (Å²) in [5.74, 6) is -2.55. The van der Waals surface area contributed by atoms with Gasteiger partial charge in [-0.25, -0.2) is 15.0 Å². The van der Waals surface area contributed by atoms with Crippen LogP contribution in [-0.2, 0) is 16.0 Å². The number of primary amides is 1. The highest BCUT2D eigenvalue weighted by atomic mass is 32.1. The van der Waals surface area contributed by atoms with Crippen LogP contribution in [-0.4, -0.2) is 47.3 Å². The molecule has 3 rings (SSSR count). The van der Waals surface area contributed by atoms with Crippen molar-refractivity contribution in [2.75, 3.05) is 0 Å². The summed E-state index contributed by atoms with van der Waals surface area (Å²) in [6.07, 6.45) is 2.63. The third kappa shape index (κ3) is 4.33. The number of amides is 2. The van der Waals surface area contributed by atoms with Gasteiger partial charge in [0.05, 0.1) is 11.7 Å². The normalized spacial score (nSPS) is 11.6. The molecule has 0 saturated carbocycles. The van der Waals surface area contributed by atoms with E-state index in [-0.39, 0.29) is 23.6 Å². The zero-order valence-corrected chi connectivity index (χ0v) is 14.6. The van der Waals surface area contributed by atoms with E-state index >= 15 is 0 Å². The Labute approximate surface area is 157 Å². The van der Waals surface area contributed by atoms with Gasteiger partial charge < -0.3 is 11.1 Å². The third-order valence-corrected chi connectivity index (χ3v) is 4.08. The van der Waals surface area contributed by atoms with Gasteiger partial charge in [0.15, 0.2) is 17.2 Å². The van der Waals surface area contributed by atoms with Crippen LogP contribution in [0.4, 0.5) is 0 Å². The number of benzene rings is 1. The van der Waals surface area contributed by atoms with E-state index in [2.05, 4.69) is 29.0 Å². The molecule has 0 fully saturated rings. The van der Waals surface area contributed by atoms with Gasteiger partial charge in [-0.1, -0.05) is 30.3 Å². The smallest absolute Gasteiger partial charge is 0.287 e. The fraction of sp³-hybridized carbons (Fsp3) is 0.125. The molecule has 2 aromatic heterocycles. The lowest BCUT2D eigenvalue weighted by molar-refractivity contribution is -0.137. The van der Waals surface area contributed by atoms with Crippen LogP contribution in [0.3, 0.4) is 0 Å². The molecule has 0 aliphatic carbocycles. The Morgan fingerprint density at radius 1 is 1.07 bits per heavy atom. The summed E-state index contributed by atoms with van der Waals surface area (Å²) in [5.41, 5.74) is 5.97. The zero-order chi connectivity index (χ0) is 19.2. The molecule has 3 aromatic rings. The largest absolute Gasteiger partial charge is 0.363 e. The molecule has 0 aliphatic heterocycles. The van der Waals surface area contributed by atoms with E-state index in [1.807, 2.05) is 6.07 Å². The van der Waals surface area contributed by atoms with Gasteiger partial charge in [0.25, 0.3) is 11.8 Å². The van der Waals surface area contributed by atoms with Crippen LogP contribution in [0.25, 0.3) is 11.5 Å². The Balaban J connectivity index is 1.84. The predicted octanol–water partition coefficient (Wildman–Crippen LogP) is -0.214. The van der Waals surface area contributed by atoms with Crippen molar-refractivity contribution in [3.8, 4) is 11.5 Å². The Bertz CT molecular complexity index is 962. The van der Waals surface area contributed by atoms with E-state index in [9.17, 15) is 14.4 Å². The molecule has 1 atom stereocenters. The summed E-state index contributed by atoms with van der Waals surface area (Å²) in [6.45, 7) is 0. The number of aromatic nitrogens is 5. The summed E-state index contributed by atoms with van der Waals surface area (Å²) in [5, 5.41) is 2.50. The number of hydrogen-bond donors (Lipinski definition) is 2. The van der Waals surface area contributed by atoms with E-state index in [0.29, 0.717) is 0 Å². The first-order chi connectivity index (χ1) is 13.1. The van der Waals surface area contributed by atoms with Crippen LogP contribution in [0.1, 0.15) is 16.1 Å². The van der Waals surface area contributed by atoms with Crippen molar-refractivity contribution in [1.29, 1.82) is 0 Å². The molecule has 11 heteroatoms. The van der Waals surface area contributed by atoms with E-state index in [4.69, 9.17) is 5.73 Å². The number of carbonyl (C=O) groups is 3. The van der Waals surface area contributed by atoms with Crippen molar-refractivity contribution in [1.82, 2.24) is 29.0 Å². The van der Waals surface area contributed by atoms with Crippen molar-refractivity contribution in [3.63, 3.8) is 0 Å². The minimum atomic E-state index is -1.13. The first-order valence-corrected chi connectivity index (χ1v) is 8.42. The summed E-state index contributed by atoms with van der Waals surface area (Å²) in [4.78, 5) is 47.7. The first kappa shape index (κ1) is 18.2. The molecule has 1 aromatic carbocycles. The number of nitrogens with one attached hydrogen (secondary N) is 1. The second-order valence-electron chi connectivity index (χ2n) is 5.37. The monoisotopic (exact) mass is 383 g/mol. The van der Waals surface area contributed by atoms with Crippen molar-refractivity contribution in [3.05, 3.63) is 54.2 Å². The van der Waals surface area contributed by atoms with Gasteiger partial charge in [-0.2, -0.15) is 8.75 Å². The number of nitrogens with zero attached hydrogens (tertiary/aromatic N) is 5. The second-order valence-corrected chi connectivity index (χ2v) is 5.90. The van der Waals surface area contributed by atoms with Crippen LogP contribution in [0.2, 0.25) is 0 Å². The number of ketones is 1. The molecule has 3 N–H and O–H groups in total. The fourth-order valence-electron chi connectivity index (χ4n) is 2.30. The van der Waals surface area contributed by atoms with Crippen LogP contribution in [0.15, 0.2) is 43.0 Å². The topological polar surface area (TPSA) is 154 Å². The molecular formula is C16H13N7O3S. The number of rotatable bonds is 7. The van der Waals surface area contributed by atoms with Gasteiger partial charge in [-0.15, -0.1) is 0 Å². The summed E-state index contributed by atoms with van der Waals surface area (Å²) in [7, 11) is 0. The highest BCUT2D eigenvalue weighted by Gasteiger charge is 2.28. The maximum Gasteiger partial charge on any atom is 0.287 e. The number of carbonyl (C=O) groups excluding carboxylic acids is 3. The molecule has 0 aliphatic rings. The van der Waals surface area contributed by atoms with E-state index in [0.717, 1.165) is 17.3 Å². The van der Waals surface area contributed by atoms with Gasteiger partial charge >= 0.3 is 0 Å². The maximum absolute atomic E-state index is 12.6. The average molecular weight is 383 g/mol. The minimum Gasteiger partial charge on any atom is -0.363 e. The number of nitrogens with two attached hydrogens (primary N) is 1. The summed E-state index contributed by atoms with van der Waals surface area (Å²) in [6, 6.07) is 7.79. The van der Waals surface area contributed by atoms with Crippen molar-refractivity contribution < 1.29 is 14.4 Å². The molecule has 136 valence electrons. The summed E-state index contributed by atoms with van der Waals surface area (Å²) < 4.78 is 7.97. The van der Waals surface area contributed by atoms with Crippen LogP contribution in [0, 0.1) is 0 Å². The Kier molecular flexibility index (Phi) is 5.52. The SMILES string of the molecule is NC(=O)C(=O)C(Cc1ccccc1)NC(=O)c1nsnc1-c1ncncn1. The molecule has 27 heavy (non-hydrogen) atoms. The molecule has 0 radical (unpaired) electrons. The lowest BCUT2D eigenvalue weighted by atomic mass is 10.0. The first-order valence-electron chi connectivity index (χ1n) is 7.69. The van der Waals surface area contributed by atoms with E-state index in [1.165, 1.54) is 12.7 Å². The van der Waals surface area contributed by atoms with Crippen molar-refractivity contribution >= 4 is 29.3 Å². The molecule has 2 heterocycles. The molecule has 0 saturated heterocycles. The van der Waals surface area contributed by atoms with Crippen molar-refractivity contribution in [2.45, 2.75) is 12.5 Å². The van der Waals surface area contributed by atoms with Crippen LogP contribution >= 0.6 is 11.7 Å². The quantitative estimate of drug-likeness (QED) is 0.531. The predicted molar refractivity (Wildman–Crippen MR) is 94.3 cm³/mol. The Morgan fingerprint density at radius 3 is 2.44 bits per heavy atom. The molecular weight excluding hydrogens is 370 g/mol. The van der Waals surface area contributed by atoms with E-state index < -0.39 is 23.6 Å². The van der Waals surface area contributed by atoms with Gasteiger partial charge in [0, 0.05) is 6.42 Å². The third-order valence-electron chi connectivity index (χ3n) is 3.56. The molecule has 0 spiro atoms. The maximum atomic E-state index is 12.6. The highest BCUT2D eigenvalue weighted by molar-refractivity contribution is 6.99. The van der Waals surface area contributed by atoms with E-state index in [1.54, 1.807) is 24.3 Å². The molecule has 1 unspecified atom stereocenters. The Hall–Kier alpha value is -3.60. The van der Waals surface area contributed by atoms with Crippen LogP contribution in [0.5, 0.6) is 0 Å². The molecule has 10 nitrogen and oxygen atoms in total. The lowest BCUT2D eigenvalue weighted by Gasteiger charge is -2.15. The summed E-state index contributed by atoms with van der Waals surface area (Å²) >= 11 is 0.797. The Morgan fingerprint density at radius 2 is 1.78 bits per heavy atom. The fourth-order valence-corrected chi connectivity index (χ4v) is 2.84. The van der Waals surface area contributed by atoms with Gasteiger partial charge in [-0.3, -0.25) is 14.4 Å². The zero-order valence-electron chi connectivity index (χ0n) is 13.8. The highest BCUT2D eigenvalue weighted by Crippen LogP contribution is 2.17. The van der Waals surface area contributed by atoms with Crippen molar-refractivity contribution in [2.24, 2.45) is 5.73 Å². The van der Waals surface area contributed by atoms with Gasteiger partial charge in [0.2, 0.25) is 5.78 Å². The average Bonchev–Trinajstić information content (AvgIpc) is 3.18. The van der Waals surface area contributed by atoms with Gasteiger partial charge in [0.1, 0.15) is 18.7 Å². The van der Waals surface area contributed by atoms with Gasteiger partial charge in [-0.05, 0) is 5.56 Å². The van der Waals surface area contributed by atoms with Crippen LogP contribution < -0.4 is 11.1 Å². The molecule has 0 bridgehead atoms.